The number of cyclic esters (lactones) is 1. The minimum Gasteiger partial charge on any atom is -0.442 e. The number of nitrogens with zero attached hydrogens (tertiary/aromatic N) is 3. The Morgan fingerprint density at radius 1 is 1.33 bits per heavy atom. The molecule has 3 fully saturated rings. The van der Waals surface area contributed by atoms with Gasteiger partial charge in [-0.15, -0.1) is 0 Å². The number of carbonyl (C=O) groups is 2. The number of rotatable bonds is 6. The molecule has 8 nitrogen and oxygen atoms in total. The summed E-state index contributed by atoms with van der Waals surface area (Å²) in [7, 11) is 0. The molecule has 9 heteroatoms. The minimum atomic E-state index is -0.595. The van der Waals surface area contributed by atoms with E-state index in [0.29, 0.717) is 42.1 Å². The Morgan fingerprint density at radius 3 is 2.76 bits per heavy atom. The van der Waals surface area contributed by atoms with Crippen LogP contribution in [0.1, 0.15) is 19.0 Å². The van der Waals surface area contributed by atoms with Gasteiger partial charge in [0.05, 0.1) is 43.8 Å². The summed E-state index contributed by atoms with van der Waals surface area (Å²) in [5, 5.41) is 12.4. The van der Waals surface area contributed by atoms with E-state index < -0.39 is 23.4 Å². The molecule has 0 spiro atoms. The van der Waals surface area contributed by atoms with E-state index in [1.54, 1.807) is 37.4 Å². The minimum absolute atomic E-state index is 0.126. The number of hydrogen-bond acceptors (Lipinski definition) is 6. The summed E-state index contributed by atoms with van der Waals surface area (Å²) in [5.41, 5.74) is 1.42. The number of carbonyl (C=O) groups excluding carboxylic acids is 2. The number of benzene rings is 1. The zero-order valence-corrected chi connectivity index (χ0v) is 18.1. The van der Waals surface area contributed by atoms with Gasteiger partial charge in [0.15, 0.2) is 0 Å². The maximum atomic E-state index is 15.0. The maximum absolute atomic E-state index is 15.0. The molecule has 3 heterocycles. The number of amides is 2. The number of nitriles is 1. The molecule has 1 saturated carbocycles. The number of hydrogen-bond donors (Lipinski definition) is 1. The van der Waals surface area contributed by atoms with Crippen molar-refractivity contribution in [2.45, 2.75) is 24.9 Å². The van der Waals surface area contributed by atoms with Crippen molar-refractivity contribution in [1.29, 1.82) is 5.26 Å². The molecule has 170 valence electrons. The van der Waals surface area contributed by atoms with Gasteiger partial charge in [-0.25, -0.2) is 9.18 Å². The quantitative estimate of drug-likeness (QED) is 0.726. The predicted molar refractivity (Wildman–Crippen MR) is 116 cm³/mol. The normalized spacial score (nSPS) is 27.6. The van der Waals surface area contributed by atoms with Crippen LogP contribution in [0.4, 0.5) is 14.9 Å². The van der Waals surface area contributed by atoms with Crippen LogP contribution in [0.2, 0.25) is 0 Å². The van der Waals surface area contributed by atoms with Gasteiger partial charge >= 0.3 is 6.09 Å². The number of nitrogens with one attached hydrogen (secondary N) is 1. The second-order valence-corrected chi connectivity index (χ2v) is 8.60. The van der Waals surface area contributed by atoms with Crippen molar-refractivity contribution in [3.05, 3.63) is 48.0 Å². The Labute approximate surface area is 190 Å². The molecule has 2 aromatic rings. The van der Waals surface area contributed by atoms with Gasteiger partial charge in [-0.2, -0.15) is 5.26 Å². The Morgan fingerprint density at radius 2 is 2.12 bits per heavy atom. The second-order valence-electron chi connectivity index (χ2n) is 8.60. The molecule has 2 saturated heterocycles. The van der Waals surface area contributed by atoms with Gasteiger partial charge in [-0.05, 0) is 24.3 Å². The molecule has 33 heavy (non-hydrogen) atoms. The van der Waals surface area contributed by atoms with Gasteiger partial charge in [0.25, 0.3) is 0 Å². The van der Waals surface area contributed by atoms with Crippen LogP contribution in [-0.2, 0) is 19.7 Å². The lowest BCUT2D eigenvalue weighted by Gasteiger charge is -2.15. The van der Waals surface area contributed by atoms with E-state index in [0.717, 1.165) is 0 Å². The van der Waals surface area contributed by atoms with Crippen molar-refractivity contribution in [3.63, 3.8) is 0 Å². The highest BCUT2D eigenvalue weighted by Gasteiger charge is 2.70. The summed E-state index contributed by atoms with van der Waals surface area (Å²) in [6.07, 6.45) is 0.856. The van der Waals surface area contributed by atoms with Crippen LogP contribution in [0.15, 0.2) is 36.5 Å². The van der Waals surface area contributed by atoms with E-state index in [2.05, 4.69) is 16.4 Å². The molecular weight excluding hydrogens is 427 g/mol. The fourth-order valence-corrected chi connectivity index (χ4v) is 4.85. The average molecular weight is 450 g/mol. The van der Waals surface area contributed by atoms with E-state index in [4.69, 9.17) is 9.47 Å². The number of aromatic nitrogens is 1. The van der Waals surface area contributed by atoms with Crippen LogP contribution in [0, 0.1) is 29.0 Å². The molecule has 0 bridgehead atoms. The molecule has 0 radical (unpaired) electrons. The van der Waals surface area contributed by atoms with Gasteiger partial charge < -0.3 is 14.8 Å². The zero-order chi connectivity index (χ0) is 23.2. The Bertz CT molecular complexity index is 1140. The zero-order valence-electron chi connectivity index (χ0n) is 18.1. The SMILES string of the molecule is CCC(=O)NC[C@H]1CN(c2ccc(-c3ccc([C@@]4(C#N)[C@@H]5COC[C@@H]54)nc3)c(F)c2)C(=O)O1. The molecule has 2 amide bonds. The van der Waals surface area contributed by atoms with Gasteiger partial charge in [0.2, 0.25) is 5.91 Å². The molecule has 1 aliphatic carbocycles. The van der Waals surface area contributed by atoms with Gasteiger partial charge in [-0.3, -0.25) is 14.7 Å². The lowest BCUT2D eigenvalue weighted by molar-refractivity contribution is -0.121. The molecule has 3 aliphatic rings. The summed E-state index contributed by atoms with van der Waals surface area (Å²) >= 11 is 0. The smallest absolute Gasteiger partial charge is 0.414 e. The lowest BCUT2D eigenvalue weighted by Crippen LogP contribution is -2.34. The first-order valence-electron chi connectivity index (χ1n) is 11.0. The van der Waals surface area contributed by atoms with Crippen molar-refractivity contribution in [2.24, 2.45) is 11.8 Å². The number of anilines is 1. The molecule has 0 unspecified atom stereocenters. The van der Waals surface area contributed by atoms with E-state index in [1.165, 1.54) is 11.0 Å². The fourth-order valence-electron chi connectivity index (χ4n) is 4.85. The van der Waals surface area contributed by atoms with Crippen LogP contribution in [-0.4, -0.2) is 49.4 Å². The predicted octanol–water partition coefficient (Wildman–Crippen LogP) is 2.78. The number of halogens is 1. The molecular formula is C24H23FN4O4. The van der Waals surface area contributed by atoms with Gasteiger partial charge in [0.1, 0.15) is 17.3 Å². The third-order valence-corrected chi connectivity index (χ3v) is 6.81. The van der Waals surface area contributed by atoms with E-state index >= 15 is 0 Å². The number of fused-ring (bicyclic) bond motifs is 1. The molecule has 1 aromatic carbocycles. The number of pyridine rings is 1. The van der Waals surface area contributed by atoms with Crippen molar-refractivity contribution < 1.29 is 23.5 Å². The van der Waals surface area contributed by atoms with Crippen LogP contribution in [0.25, 0.3) is 11.1 Å². The van der Waals surface area contributed by atoms with Crippen LogP contribution < -0.4 is 10.2 Å². The van der Waals surface area contributed by atoms with E-state index in [-0.39, 0.29) is 30.8 Å². The van der Waals surface area contributed by atoms with Gasteiger partial charge in [0, 0.05) is 35.6 Å². The van der Waals surface area contributed by atoms with Crippen LogP contribution in [0.5, 0.6) is 0 Å². The summed E-state index contributed by atoms with van der Waals surface area (Å²) in [4.78, 5) is 29.5. The summed E-state index contributed by atoms with van der Waals surface area (Å²) in [6, 6.07) is 10.5. The van der Waals surface area contributed by atoms with Crippen LogP contribution >= 0.6 is 0 Å². The first-order chi connectivity index (χ1) is 16.0. The van der Waals surface area contributed by atoms with Gasteiger partial charge in [-0.1, -0.05) is 13.0 Å². The molecule has 2 aliphatic heterocycles. The first kappa shape index (κ1) is 21.3. The van der Waals surface area contributed by atoms with Crippen molar-refractivity contribution in [3.8, 4) is 17.2 Å². The third kappa shape index (κ3) is 3.51. The Hall–Kier alpha value is -3.51. The summed E-state index contributed by atoms with van der Waals surface area (Å²) in [5.74, 6) is -0.268. The summed E-state index contributed by atoms with van der Waals surface area (Å²) in [6.45, 7) is 3.32. The number of ether oxygens (including phenoxy) is 2. The highest BCUT2D eigenvalue weighted by atomic mass is 19.1. The van der Waals surface area contributed by atoms with Crippen molar-refractivity contribution in [2.75, 3.05) is 31.2 Å². The van der Waals surface area contributed by atoms with Crippen molar-refractivity contribution in [1.82, 2.24) is 10.3 Å². The molecule has 5 rings (SSSR count). The highest BCUT2D eigenvalue weighted by Crippen LogP contribution is 2.62. The van der Waals surface area contributed by atoms with E-state index in [1.807, 2.05) is 0 Å². The average Bonchev–Trinajstić information content (AvgIpc) is 3.13. The Kier molecular flexibility index (Phi) is 5.25. The maximum Gasteiger partial charge on any atom is 0.414 e. The molecule has 1 N–H and O–H groups in total. The second kappa shape index (κ2) is 8.12. The third-order valence-electron chi connectivity index (χ3n) is 6.81. The monoisotopic (exact) mass is 450 g/mol. The van der Waals surface area contributed by atoms with Crippen LogP contribution in [0.3, 0.4) is 0 Å². The fraction of sp³-hybridized carbons (Fsp3) is 0.417. The van der Waals surface area contributed by atoms with E-state index in [9.17, 15) is 19.2 Å². The Balaban J connectivity index is 1.30. The standard InChI is InChI=1S/C24H23FN4O4/c1-2-22(30)28-9-16-10-29(23(31)33-16)15-4-5-17(20(25)7-15)14-3-6-21(27-8-14)24(13-26)18-11-32-12-19(18)24/h3-8,16,18-19H,2,9-12H2,1H3,(H,28,30)/t16-,18-,19+,24+/m0/s1. The first-order valence-corrected chi connectivity index (χ1v) is 11.0. The topological polar surface area (TPSA) is 105 Å². The summed E-state index contributed by atoms with van der Waals surface area (Å²) < 4.78 is 25.7. The lowest BCUT2D eigenvalue weighted by atomic mass is 9.96. The molecule has 1 aromatic heterocycles. The van der Waals surface area contributed by atoms with Crippen molar-refractivity contribution >= 4 is 17.7 Å². The molecule has 4 atom stereocenters. The highest BCUT2D eigenvalue weighted by molar-refractivity contribution is 5.90. The largest absolute Gasteiger partial charge is 0.442 e.